The Balaban J connectivity index is 4.11. The number of hydrogen-bond donors (Lipinski definition) is 3. The minimum Gasteiger partial charge on any atom is -0.396 e. The molecule has 0 rings (SSSR count). The van der Waals surface area contributed by atoms with Crippen molar-refractivity contribution in [3.8, 4) is 0 Å². The first kappa shape index (κ1) is 24.1. The van der Waals surface area contributed by atoms with Crippen molar-refractivity contribution in [1.29, 1.82) is 0 Å². The van der Waals surface area contributed by atoms with Gasteiger partial charge in [0.05, 0.1) is 19.8 Å². The lowest BCUT2D eigenvalue weighted by Crippen LogP contribution is -2.40. The number of nitrogens with zero attached hydrogens (tertiary/aromatic N) is 1. The normalized spacial score (nSPS) is 12.4. The first-order valence-corrected chi connectivity index (χ1v) is 9.96. The first-order chi connectivity index (χ1) is 12.2. The van der Waals surface area contributed by atoms with Crippen LogP contribution in [0.15, 0.2) is 4.99 Å². The number of aliphatic hydroxyl groups excluding tert-OH is 1. The predicted molar refractivity (Wildman–Crippen MR) is 105 cm³/mol. The van der Waals surface area contributed by atoms with Crippen molar-refractivity contribution in [1.82, 2.24) is 10.6 Å². The van der Waals surface area contributed by atoms with Gasteiger partial charge in [0.15, 0.2) is 5.96 Å². The molecule has 0 bridgehead atoms. The topological polar surface area (TPSA) is 75.1 Å². The Labute approximate surface area is 154 Å². The summed E-state index contributed by atoms with van der Waals surface area (Å²) in [6.45, 7) is 13.8. The van der Waals surface area contributed by atoms with E-state index < -0.39 is 0 Å². The third kappa shape index (κ3) is 12.2. The SMILES string of the molecule is CCCCOCCOCCNC(=NCC(CC)(CC)CCO)NCC. The molecule has 0 saturated carbocycles. The van der Waals surface area contributed by atoms with Crippen LogP contribution in [0.5, 0.6) is 0 Å². The Morgan fingerprint density at radius 3 is 2.20 bits per heavy atom. The fraction of sp³-hybridized carbons (Fsp3) is 0.947. The lowest BCUT2D eigenvalue weighted by Gasteiger charge is -2.29. The molecule has 6 nitrogen and oxygen atoms in total. The molecule has 0 aliphatic rings. The van der Waals surface area contributed by atoms with Crippen LogP contribution in [-0.4, -0.2) is 63.7 Å². The van der Waals surface area contributed by atoms with Crippen molar-refractivity contribution < 1.29 is 14.6 Å². The van der Waals surface area contributed by atoms with E-state index in [4.69, 9.17) is 14.5 Å². The van der Waals surface area contributed by atoms with E-state index in [1.807, 2.05) is 0 Å². The maximum absolute atomic E-state index is 9.32. The van der Waals surface area contributed by atoms with E-state index in [1.54, 1.807) is 0 Å². The first-order valence-electron chi connectivity index (χ1n) is 9.96. The van der Waals surface area contributed by atoms with Gasteiger partial charge in [0.25, 0.3) is 0 Å². The second-order valence-corrected chi connectivity index (χ2v) is 6.38. The van der Waals surface area contributed by atoms with E-state index in [0.29, 0.717) is 26.4 Å². The summed E-state index contributed by atoms with van der Waals surface area (Å²) in [5, 5.41) is 15.9. The number of hydrogen-bond acceptors (Lipinski definition) is 4. The van der Waals surface area contributed by atoms with Gasteiger partial charge in [-0.15, -0.1) is 0 Å². The molecule has 0 unspecified atom stereocenters. The van der Waals surface area contributed by atoms with Gasteiger partial charge in [-0.2, -0.15) is 0 Å². The summed E-state index contributed by atoms with van der Waals surface area (Å²) in [6.07, 6.45) is 5.11. The lowest BCUT2D eigenvalue weighted by molar-refractivity contribution is 0.0487. The monoisotopic (exact) mass is 359 g/mol. The maximum atomic E-state index is 9.32. The highest BCUT2D eigenvalue weighted by Crippen LogP contribution is 2.30. The van der Waals surface area contributed by atoms with Crippen LogP contribution in [0, 0.1) is 5.41 Å². The summed E-state index contributed by atoms with van der Waals surface area (Å²) < 4.78 is 11.0. The zero-order valence-corrected chi connectivity index (χ0v) is 16.9. The Kier molecular flexibility index (Phi) is 16.0. The van der Waals surface area contributed by atoms with Crippen molar-refractivity contribution in [2.45, 2.75) is 59.8 Å². The van der Waals surface area contributed by atoms with E-state index in [-0.39, 0.29) is 12.0 Å². The Hall–Kier alpha value is -0.850. The Morgan fingerprint density at radius 1 is 0.960 bits per heavy atom. The molecule has 0 fully saturated rings. The molecule has 0 heterocycles. The van der Waals surface area contributed by atoms with Gasteiger partial charge >= 0.3 is 0 Å². The Bertz CT molecular complexity index is 321. The van der Waals surface area contributed by atoms with Gasteiger partial charge in [-0.25, -0.2) is 0 Å². The van der Waals surface area contributed by atoms with Crippen molar-refractivity contribution in [2.24, 2.45) is 10.4 Å². The highest BCUT2D eigenvalue weighted by atomic mass is 16.5. The number of guanidine groups is 1. The summed E-state index contributed by atoms with van der Waals surface area (Å²) in [6, 6.07) is 0. The van der Waals surface area contributed by atoms with Gasteiger partial charge in [0, 0.05) is 32.8 Å². The van der Waals surface area contributed by atoms with Crippen LogP contribution in [0.3, 0.4) is 0 Å². The summed E-state index contributed by atoms with van der Waals surface area (Å²) in [4.78, 5) is 4.72. The number of nitrogens with one attached hydrogen (secondary N) is 2. The zero-order chi connectivity index (χ0) is 18.8. The number of unbranched alkanes of at least 4 members (excludes halogenated alkanes) is 1. The molecule has 0 aromatic heterocycles. The van der Waals surface area contributed by atoms with Gasteiger partial charge in [0.1, 0.15) is 0 Å². The molecule has 0 aromatic carbocycles. The molecule has 0 aliphatic carbocycles. The molecular weight excluding hydrogens is 318 g/mol. The molecule has 0 aliphatic heterocycles. The fourth-order valence-electron chi connectivity index (χ4n) is 2.54. The molecule has 0 atom stereocenters. The van der Waals surface area contributed by atoms with Crippen molar-refractivity contribution in [3.63, 3.8) is 0 Å². The minimum absolute atomic E-state index is 0.0867. The summed E-state index contributed by atoms with van der Waals surface area (Å²) in [5.74, 6) is 0.814. The zero-order valence-electron chi connectivity index (χ0n) is 16.9. The van der Waals surface area contributed by atoms with Crippen molar-refractivity contribution >= 4 is 5.96 Å². The lowest BCUT2D eigenvalue weighted by atomic mass is 9.79. The average molecular weight is 360 g/mol. The molecular formula is C19H41N3O3. The third-order valence-corrected chi connectivity index (χ3v) is 4.61. The summed E-state index contributed by atoms with van der Waals surface area (Å²) in [7, 11) is 0. The van der Waals surface area contributed by atoms with Crippen LogP contribution in [0.2, 0.25) is 0 Å². The molecule has 0 radical (unpaired) electrons. The van der Waals surface area contributed by atoms with Crippen LogP contribution in [-0.2, 0) is 9.47 Å². The van der Waals surface area contributed by atoms with Crippen molar-refractivity contribution in [3.05, 3.63) is 0 Å². The highest BCUT2D eigenvalue weighted by Gasteiger charge is 2.25. The van der Waals surface area contributed by atoms with Gasteiger partial charge in [-0.3, -0.25) is 4.99 Å². The highest BCUT2D eigenvalue weighted by molar-refractivity contribution is 5.79. The van der Waals surface area contributed by atoms with E-state index in [9.17, 15) is 5.11 Å². The van der Waals surface area contributed by atoms with E-state index in [2.05, 4.69) is 38.3 Å². The van der Waals surface area contributed by atoms with E-state index in [1.165, 1.54) is 0 Å². The van der Waals surface area contributed by atoms with E-state index >= 15 is 0 Å². The quantitative estimate of drug-likeness (QED) is 0.224. The van der Waals surface area contributed by atoms with Gasteiger partial charge in [0.2, 0.25) is 0 Å². The maximum Gasteiger partial charge on any atom is 0.191 e. The van der Waals surface area contributed by atoms with Crippen LogP contribution >= 0.6 is 0 Å². The van der Waals surface area contributed by atoms with Crippen LogP contribution in [0.4, 0.5) is 0 Å². The number of ether oxygens (including phenoxy) is 2. The number of rotatable bonds is 16. The molecule has 0 spiro atoms. The largest absolute Gasteiger partial charge is 0.396 e. The minimum atomic E-state index is 0.0867. The smallest absolute Gasteiger partial charge is 0.191 e. The van der Waals surface area contributed by atoms with E-state index in [0.717, 1.165) is 57.8 Å². The second-order valence-electron chi connectivity index (χ2n) is 6.38. The van der Waals surface area contributed by atoms with Gasteiger partial charge in [-0.1, -0.05) is 27.2 Å². The third-order valence-electron chi connectivity index (χ3n) is 4.61. The van der Waals surface area contributed by atoms with Crippen LogP contribution in [0.25, 0.3) is 0 Å². The molecule has 6 heteroatoms. The molecule has 150 valence electrons. The molecule has 25 heavy (non-hydrogen) atoms. The van der Waals surface area contributed by atoms with Crippen molar-refractivity contribution in [2.75, 3.05) is 52.7 Å². The van der Waals surface area contributed by atoms with Gasteiger partial charge in [-0.05, 0) is 38.0 Å². The summed E-state index contributed by atoms with van der Waals surface area (Å²) in [5.41, 5.74) is 0.0867. The molecule has 0 amide bonds. The number of aliphatic imine (C=N–C) groups is 1. The van der Waals surface area contributed by atoms with Crippen LogP contribution in [0.1, 0.15) is 59.8 Å². The molecule has 0 saturated heterocycles. The number of aliphatic hydroxyl groups is 1. The standard InChI is InChI=1S/C19H41N3O3/c1-5-9-13-24-15-16-25-14-11-21-18(20-8-4)22-17-19(6-2,7-3)10-12-23/h23H,5-17H2,1-4H3,(H2,20,21,22). The summed E-state index contributed by atoms with van der Waals surface area (Å²) >= 11 is 0. The van der Waals surface area contributed by atoms with Crippen LogP contribution < -0.4 is 10.6 Å². The second kappa shape index (κ2) is 16.6. The predicted octanol–water partition coefficient (Wildman–Crippen LogP) is 2.56. The Morgan fingerprint density at radius 2 is 1.64 bits per heavy atom. The van der Waals surface area contributed by atoms with Gasteiger partial charge < -0.3 is 25.2 Å². The average Bonchev–Trinajstić information content (AvgIpc) is 2.63. The molecule has 3 N–H and O–H groups in total. The molecule has 0 aromatic rings. The fourth-order valence-corrected chi connectivity index (χ4v) is 2.54.